The Morgan fingerprint density at radius 2 is 1.42 bits per heavy atom. The van der Waals surface area contributed by atoms with Crippen molar-refractivity contribution in [1.29, 1.82) is 0 Å². The summed E-state index contributed by atoms with van der Waals surface area (Å²) < 4.78 is 3.38. The topological polar surface area (TPSA) is 30.2 Å². The zero-order chi connectivity index (χ0) is 16.1. The van der Waals surface area contributed by atoms with Crippen LogP contribution in [0.5, 0.6) is 0 Å². The summed E-state index contributed by atoms with van der Waals surface area (Å²) in [6, 6.07) is 24.9. The summed E-state index contributed by atoms with van der Waals surface area (Å²) in [5.74, 6) is 0.925. The second kappa shape index (κ2) is 5.27. The first-order chi connectivity index (χ1) is 11.8. The molecule has 5 aromatic rings. The van der Waals surface area contributed by atoms with E-state index in [2.05, 4.69) is 69.5 Å². The van der Waals surface area contributed by atoms with Gasteiger partial charge in [-0.15, -0.1) is 0 Å². The van der Waals surface area contributed by atoms with Crippen molar-refractivity contribution in [1.82, 2.24) is 14.4 Å². The number of benzene rings is 3. The fraction of sp³-hybridized carbons (Fsp3) is 0. The minimum Gasteiger partial charge on any atom is -0.276 e. The molecule has 0 fully saturated rings. The zero-order valence-electron chi connectivity index (χ0n) is 12.6. The minimum atomic E-state index is 0.925. The van der Waals surface area contributed by atoms with Crippen molar-refractivity contribution in [2.24, 2.45) is 0 Å². The summed E-state index contributed by atoms with van der Waals surface area (Å²) in [7, 11) is 0. The molecule has 0 amide bonds. The lowest BCUT2D eigenvalue weighted by atomic mass is 10.2. The van der Waals surface area contributed by atoms with E-state index in [0.29, 0.717) is 0 Å². The highest BCUT2D eigenvalue weighted by atomic mass is 127. The lowest BCUT2D eigenvalue weighted by molar-refractivity contribution is 1.16. The molecule has 0 atom stereocenters. The zero-order valence-corrected chi connectivity index (χ0v) is 14.8. The maximum absolute atomic E-state index is 4.95. The quantitative estimate of drug-likeness (QED) is 0.344. The highest BCUT2D eigenvalue weighted by Crippen LogP contribution is 2.29. The van der Waals surface area contributed by atoms with E-state index in [-0.39, 0.29) is 0 Å². The van der Waals surface area contributed by atoms with Crippen molar-refractivity contribution in [3.05, 3.63) is 76.4 Å². The summed E-state index contributed by atoms with van der Waals surface area (Å²) in [6.07, 6.45) is 0. The van der Waals surface area contributed by atoms with Gasteiger partial charge in [0.1, 0.15) is 11.5 Å². The second-order valence-electron chi connectivity index (χ2n) is 5.72. The summed E-state index contributed by atoms with van der Waals surface area (Å²) in [5.41, 5.74) is 5.08. The van der Waals surface area contributed by atoms with Gasteiger partial charge in [-0.1, -0.05) is 36.4 Å². The van der Waals surface area contributed by atoms with Gasteiger partial charge < -0.3 is 0 Å². The number of nitrogens with zero attached hydrogens (tertiary/aromatic N) is 3. The minimum absolute atomic E-state index is 0.925. The predicted molar refractivity (Wildman–Crippen MR) is 106 cm³/mol. The second-order valence-corrected chi connectivity index (χ2v) is 6.96. The van der Waals surface area contributed by atoms with Crippen LogP contribution in [0, 0.1) is 3.57 Å². The fourth-order valence-corrected chi connectivity index (χ4v) is 3.50. The van der Waals surface area contributed by atoms with Crippen LogP contribution in [-0.2, 0) is 0 Å². The molecule has 0 aliphatic heterocycles. The average Bonchev–Trinajstić information content (AvgIpc) is 3.02. The predicted octanol–water partition coefficient (Wildman–Crippen LogP) is 5.31. The van der Waals surface area contributed by atoms with Crippen molar-refractivity contribution in [2.75, 3.05) is 0 Å². The van der Waals surface area contributed by atoms with Crippen LogP contribution in [-0.4, -0.2) is 14.4 Å². The smallest absolute Gasteiger partial charge is 0.149 e. The van der Waals surface area contributed by atoms with Crippen LogP contribution >= 0.6 is 22.6 Å². The number of para-hydroxylation sites is 3. The van der Waals surface area contributed by atoms with Gasteiger partial charge in [-0.05, 0) is 59.0 Å². The molecule has 2 aromatic heterocycles. The van der Waals surface area contributed by atoms with E-state index in [1.165, 1.54) is 3.57 Å². The van der Waals surface area contributed by atoms with Gasteiger partial charge >= 0.3 is 0 Å². The summed E-state index contributed by atoms with van der Waals surface area (Å²) >= 11 is 2.32. The SMILES string of the molecule is Ic1ccc(-c2nc3ccccc3c3nc4ccccc4n23)cc1. The van der Waals surface area contributed by atoms with E-state index >= 15 is 0 Å². The van der Waals surface area contributed by atoms with Gasteiger partial charge in [0.2, 0.25) is 0 Å². The standard InChI is InChI=1S/C20H12IN3/c21-14-11-9-13(10-12-14)19-22-16-6-2-1-5-15(16)20-23-17-7-3-4-8-18(17)24(19)20/h1-12H. The molecular weight excluding hydrogens is 409 g/mol. The molecule has 4 heteroatoms. The van der Waals surface area contributed by atoms with Crippen LogP contribution in [0.25, 0.3) is 39.0 Å². The molecule has 0 unspecified atom stereocenters. The van der Waals surface area contributed by atoms with Crippen LogP contribution in [0.4, 0.5) is 0 Å². The third kappa shape index (κ3) is 2.03. The first-order valence-corrected chi connectivity index (χ1v) is 8.81. The van der Waals surface area contributed by atoms with E-state index in [9.17, 15) is 0 Å². The first-order valence-electron chi connectivity index (χ1n) is 7.73. The molecule has 0 saturated heterocycles. The third-order valence-electron chi connectivity index (χ3n) is 4.25. The molecule has 24 heavy (non-hydrogen) atoms. The van der Waals surface area contributed by atoms with Gasteiger partial charge in [0.15, 0.2) is 0 Å². The number of halogens is 1. The normalized spacial score (nSPS) is 11.5. The van der Waals surface area contributed by atoms with Crippen molar-refractivity contribution in [3.8, 4) is 11.4 Å². The summed E-state index contributed by atoms with van der Waals surface area (Å²) in [6.45, 7) is 0. The van der Waals surface area contributed by atoms with Gasteiger partial charge in [-0.25, -0.2) is 9.97 Å². The van der Waals surface area contributed by atoms with Crippen molar-refractivity contribution in [3.63, 3.8) is 0 Å². The number of fused-ring (bicyclic) bond motifs is 5. The number of imidazole rings is 1. The highest BCUT2D eigenvalue weighted by molar-refractivity contribution is 14.1. The van der Waals surface area contributed by atoms with Gasteiger partial charge in [-0.3, -0.25) is 4.40 Å². The average molecular weight is 421 g/mol. The molecule has 2 heterocycles. The Balaban J connectivity index is 2.01. The number of hydrogen-bond acceptors (Lipinski definition) is 2. The van der Waals surface area contributed by atoms with Crippen LogP contribution in [0.15, 0.2) is 72.8 Å². The highest BCUT2D eigenvalue weighted by Gasteiger charge is 2.14. The number of rotatable bonds is 1. The Hall–Kier alpha value is -2.47. The Morgan fingerprint density at radius 3 is 2.25 bits per heavy atom. The monoisotopic (exact) mass is 421 g/mol. The molecule has 0 N–H and O–H groups in total. The molecule has 114 valence electrons. The Bertz CT molecular complexity index is 1210. The van der Waals surface area contributed by atoms with Gasteiger partial charge in [0.05, 0.1) is 16.6 Å². The van der Waals surface area contributed by atoms with Crippen LogP contribution in [0.2, 0.25) is 0 Å². The molecule has 0 aliphatic rings. The molecule has 5 rings (SSSR count). The largest absolute Gasteiger partial charge is 0.276 e. The molecule has 3 aromatic carbocycles. The van der Waals surface area contributed by atoms with Crippen LogP contribution < -0.4 is 0 Å². The number of aromatic nitrogens is 3. The molecule has 0 saturated carbocycles. The molecule has 0 radical (unpaired) electrons. The first kappa shape index (κ1) is 13.9. The van der Waals surface area contributed by atoms with Gasteiger partial charge in [0, 0.05) is 14.5 Å². The van der Waals surface area contributed by atoms with E-state index in [0.717, 1.165) is 39.0 Å². The molecule has 0 aliphatic carbocycles. The van der Waals surface area contributed by atoms with Crippen molar-refractivity contribution in [2.45, 2.75) is 0 Å². The Kier molecular flexibility index (Phi) is 3.06. The maximum atomic E-state index is 4.95. The lowest BCUT2D eigenvalue weighted by Gasteiger charge is -2.09. The molecule has 0 bridgehead atoms. The van der Waals surface area contributed by atoms with E-state index in [1.54, 1.807) is 0 Å². The summed E-state index contributed by atoms with van der Waals surface area (Å²) in [4.78, 5) is 9.81. The molecular formula is C20H12IN3. The molecule has 3 nitrogen and oxygen atoms in total. The van der Waals surface area contributed by atoms with E-state index in [4.69, 9.17) is 9.97 Å². The van der Waals surface area contributed by atoms with Gasteiger partial charge in [0.25, 0.3) is 0 Å². The summed E-state index contributed by atoms with van der Waals surface area (Å²) in [5, 5.41) is 1.07. The van der Waals surface area contributed by atoms with Crippen molar-refractivity contribution >= 4 is 50.2 Å². The third-order valence-corrected chi connectivity index (χ3v) is 4.97. The Labute approximate surface area is 152 Å². The van der Waals surface area contributed by atoms with Gasteiger partial charge in [-0.2, -0.15) is 0 Å². The number of hydrogen-bond donors (Lipinski definition) is 0. The van der Waals surface area contributed by atoms with Crippen LogP contribution in [0.1, 0.15) is 0 Å². The lowest BCUT2D eigenvalue weighted by Crippen LogP contribution is -1.97. The van der Waals surface area contributed by atoms with Crippen LogP contribution in [0.3, 0.4) is 0 Å². The Morgan fingerprint density at radius 1 is 0.708 bits per heavy atom. The molecule has 0 spiro atoms. The van der Waals surface area contributed by atoms with E-state index < -0.39 is 0 Å². The van der Waals surface area contributed by atoms with Crippen molar-refractivity contribution < 1.29 is 0 Å². The van der Waals surface area contributed by atoms with E-state index in [1.807, 2.05) is 30.3 Å². The maximum Gasteiger partial charge on any atom is 0.149 e. The fourth-order valence-electron chi connectivity index (χ4n) is 3.14.